The molecule has 2 N–H and O–H groups in total. The Morgan fingerprint density at radius 2 is 1.85 bits per heavy atom. The number of rotatable bonds is 10. The van der Waals surface area contributed by atoms with Gasteiger partial charge in [0, 0.05) is 32.8 Å². The summed E-state index contributed by atoms with van der Waals surface area (Å²) in [5.74, 6) is 0.524. The molecule has 1 aromatic rings. The fraction of sp³-hybridized carbons (Fsp3) is 0.556. The Labute approximate surface area is 154 Å². The minimum atomic E-state index is -0.426. The number of amides is 1. The Balaban J connectivity index is 2.63. The first-order valence-electron chi connectivity index (χ1n) is 8.89. The lowest BCUT2D eigenvalue weighted by atomic mass is 10.2. The minimum absolute atomic E-state index is 0.0409. The smallest absolute Gasteiger partial charge is 0.269 e. The zero-order valence-electron chi connectivity index (χ0n) is 15.8. The number of nitro benzene ring substituents is 1. The Bertz CT molecular complexity index is 599. The molecule has 144 valence electrons. The highest BCUT2D eigenvalue weighted by molar-refractivity contribution is 5.86. The first-order valence-corrected chi connectivity index (χ1v) is 8.89. The van der Waals surface area contributed by atoms with Crippen LogP contribution in [-0.2, 0) is 11.3 Å². The van der Waals surface area contributed by atoms with E-state index in [1.165, 1.54) is 29.9 Å². The topological polar surface area (TPSA) is 99.9 Å². The van der Waals surface area contributed by atoms with Gasteiger partial charge in [0.2, 0.25) is 5.91 Å². The molecule has 8 heteroatoms. The average Bonchev–Trinajstić information content (AvgIpc) is 2.63. The molecule has 0 unspecified atom stereocenters. The third-order valence-electron chi connectivity index (χ3n) is 3.80. The number of likely N-dealkylation sites (N-methyl/N-ethyl adjacent to an activating group) is 1. The third-order valence-corrected chi connectivity index (χ3v) is 3.80. The molecule has 0 aliphatic carbocycles. The van der Waals surface area contributed by atoms with Gasteiger partial charge in [0.05, 0.1) is 18.0 Å². The molecule has 0 saturated heterocycles. The molecule has 0 aliphatic heterocycles. The van der Waals surface area contributed by atoms with E-state index in [1.807, 2.05) is 0 Å². The molecular formula is C18H29N5O3. The highest BCUT2D eigenvalue weighted by Crippen LogP contribution is 2.12. The molecule has 0 heterocycles. The largest absolute Gasteiger partial charge is 0.356 e. The maximum absolute atomic E-state index is 11.8. The number of non-ortho nitro benzene ring substituents is 1. The van der Waals surface area contributed by atoms with Crippen molar-refractivity contribution < 1.29 is 9.72 Å². The van der Waals surface area contributed by atoms with Gasteiger partial charge in [-0.1, -0.05) is 38.3 Å². The molecule has 0 saturated carbocycles. The Hall–Kier alpha value is -2.64. The maximum atomic E-state index is 11.8. The van der Waals surface area contributed by atoms with Crippen LogP contribution in [0.2, 0.25) is 0 Å². The second-order valence-corrected chi connectivity index (χ2v) is 6.22. The molecular weight excluding hydrogens is 334 g/mol. The van der Waals surface area contributed by atoms with Crippen molar-refractivity contribution in [2.45, 2.75) is 39.2 Å². The maximum Gasteiger partial charge on any atom is 0.269 e. The molecule has 0 spiro atoms. The van der Waals surface area contributed by atoms with E-state index in [1.54, 1.807) is 26.2 Å². The number of nitrogens with one attached hydrogen (secondary N) is 2. The summed E-state index contributed by atoms with van der Waals surface area (Å²) in [4.78, 5) is 28.0. The van der Waals surface area contributed by atoms with Crippen LogP contribution < -0.4 is 10.6 Å². The first kappa shape index (κ1) is 21.4. The van der Waals surface area contributed by atoms with E-state index in [0.717, 1.165) is 24.9 Å². The van der Waals surface area contributed by atoms with Crippen LogP contribution in [0.5, 0.6) is 0 Å². The summed E-state index contributed by atoms with van der Waals surface area (Å²) < 4.78 is 0. The number of carbonyl (C=O) groups excluding carboxylic acids is 1. The molecule has 0 bridgehead atoms. The van der Waals surface area contributed by atoms with Crippen LogP contribution in [0.3, 0.4) is 0 Å². The number of nitro groups is 1. The standard InChI is InChI=1S/C18H29N5O3/c1-4-5-6-7-12-19-18(21-14-17(24)22(2)3)20-13-15-8-10-16(11-9-15)23(25)26/h8-11H,4-7,12-14H2,1-3H3,(H2,19,20,21). The number of nitrogens with zero attached hydrogens (tertiary/aromatic N) is 3. The van der Waals surface area contributed by atoms with Gasteiger partial charge in [0.25, 0.3) is 5.69 Å². The quantitative estimate of drug-likeness (QED) is 0.218. The van der Waals surface area contributed by atoms with Crippen LogP contribution in [0.15, 0.2) is 29.3 Å². The highest BCUT2D eigenvalue weighted by Gasteiger charge is 2.07. The summed E-state index contributed by atoms with van der Waals surface area (Å²) in [6, 6.07) is 6.30. The predicted molar refractivity (Wildman–Crippen MR) is 103 cm³/mol. The van der Waals surface area contributed by atoms with E-state index in [4.69, 9.17) is 0 Å². The van der Waals surface area contributed by atoms with Crippen LogP contribution in [0.25, 0.3) is 0 Å². The van der Waals surface area contributed by atoms with Gasteiger partial charge in [-0.05, 0) is 12.0 Å². The van der Waals surface area contributed by atoms with E-state index in [2.05, 4.69) is 22.5 Å². The molecule has 0 radical (unpaired) electrons. The van der Waals surface area contributed by atoms with Crippen molar-refractivity contribution in [1.29, 1.82) is 0 Å². The molecule has 1 aromatic carbocycles. The second kappa shape index (κ2) is 11.8. The normalized spacial score (nSPS) is 11.1. The van der Waals surface area contributed by atoms with Crippen molar-refractivity contribution in [3.05, 3.63) is 39.9 Å². The summed E-state index contributed by atoms with van der Waals surface area (Å²) in [7, 11) is 3.41. The van der Waals surface area contributed by atoms with E-state index < -0.39 is 4.92 Å². The van der Waals surface area contributed by atoms with E-state index in [9.17, 15) is 14.9 Å². The van der Waals surface area contributed by atoms with E-state index in [0.29, 0.717) is 12.5 Å². The Morgan fingerprint density at radius 3 is 2.42 bits per heavy atom. The van der Waals surface area contributed by atoms with Crippen LogP contribution in [0, 0.1) is 10.1 Å². The molecule has 26 heavy (non-hydrogen) atoms. The molecule has 1 rings (SSSR count). The van der Waals surface area contributed by atoms with E-state index in [-0.39, 0.29) is 18.1 Å². The average molecular weight is 363 g/mol. The summed E-state index contributed by atoms with van der Waals surface area (Å²) in [5, 5.41) is 17.0. The first-order chi connectivity index (χ1) is 12.4. The fourth-order valence-corrected chi connectivity index (χ4v) is 2.14. The lowest BCUT2D eigenvalue weighted by Crippen LogP contribution is -2.43. The number of hydrogen-bond donors (Lipinski definition) is 2. The predicted octanol–water partition coefficient (Wildman–Crippen LogP) is 2.30. The van der Waals surface area contributed by atoms with Gasteiger partial charge in [0.15, 0.2) is 5.96 Å². The number of hydrogen-bond acceptors (Lipinski definition) is 4. The van der Waals surface area contributed by atoms with Crippen molar-refractivity contribution in [2.24, 2.45) is 4.99 Å². The van der Waals surface area contributed by atoms with Crippen LogP contribution >= 0.6 is 0 Å². The molecule has 0 aromatic heterocycles. The zero-order chi connectivity index (χ0) is 19.4. The number of guanidine groups is 1. The Morgan fingerprint density at radius 1 is 1.15 bits per heavy atom. The highest BCUT2D eigenvalue weighted by atomic mass is 16.6. The van der Waals surface area contributed by atoms with Gasteiger partial charge in [-0.25, -0.2) is 4.99 Å². The van der Waals surface area contributed by atoms with Crippen molar-refractivity contribution >= 4 is 17.6 Å². The molecule has 0 atom stereocenters. The fourth-order valence-electron chi connectivity index (χ4n) is 2.14. The summed E-state index contributed by atoms with van der Waals surface area (Å²) >= 11 is 0. The summed E-state index contributed by atoms with van der Waals surface area (Å²) in [5.41, 5.74) is 0.920. The summed E-state index contributed by atoms with van der Waals surface area (Å²) in [6.45, 7) is 3.48. The molecule has 0 fully saturated rings. The monoisotopic (exact) mass is 363 g/mol. The van der Waals surface area contributed by atoms with E-state index >= 15 is 0 Å². The third kappa shape index (κ3) is 8.46. The van der Waals surface area contributed by atoms with Gasteiger partial charge in [-0.2, -0.15) is 0 Å². The minimum Gasteiger partial charge on any atom is -0.356 e. The van der Waals surface area contributed by atoms with Gasteiger partial charge in [0.1, 0.15) is 0 Å². The van der Waals surface area contributed by atoms with Crippen LogP contribution in [0.4, 0.5) is 5.69 Å². The van der Waals surface area contributed by atoms with Crippen molar-refractivity contribution in [2.75, 3.05) is 27.2 Å². The lowest BCUT2D eigenvalue weighted by molar-refractivity contribution is -0.384. The van der Waals surface area contributed by atoms with Crippen molar-refractivity contribution in [3.8, 4) is 0 Å². The Kier molecular flexibility index (Phi) is 9.74. The molecule has 1 amide bonds. The number of carbonyl (C=O) groups is 1. The number of aliphatic imine (C=N–C) groups is 1. The van der Waals surface area contributed by atoms with Crippen molar-refractivity contribution in [3.63, 3.8) is 0 Å². The number of unbranched alkanes of at least 4 members (excludes halogenated alkanes) is 3. The number of benzene rings is 1. The van der Waals surface area contributed by atoms with Crippen molar-refractivity contribution in [1.82, 2.24) is 15.5 Å². The van der Waals surface area contributed by atoms with Crippen LogP contribution in [0.1, 0.15) is 38.2 Å². The van der Waals surface area contributed by atoms with Gasteiger partial charge >= 0.3 is 0 Å². The van der Waals surface area contributed by atoms with Crippen LogP contribution in [-0.4, -0.2) is 48.9 Å². The van der Waals surface area contributed by atoms with Gasteiger partial charge < -0.3 is 15.5 Å². The van der Waals surface area contributed by atoms with Gasteiger partial charge in [-0.15, -0.1) is 0 Å². The molecule has 8 nitrogen and oxygen atoms in total. The lowest BCUT2D eigenvalue weighted by Gasteiger charge is -2.15. The van der Waals surface area contributed by atoms with Gasteiger partial charge in [-0.3, -0.25) is 14.9 Å². The summed E-state index contributed by atoms with van der Waals surface area (Å²) in [6.07, 6.45) is 4.56. The zero-order valence-corrected chi connectivity index (χ0v) is 15.8. The SMILES string of the molecule is CCCCCCNC(=NCc1ccc([N+](=O)[O-])cc1)NCC(=O)N(C)C. The molecule has 0 aliphatic rings. The second-order valence-electron chi connectivity index (χ2n) is 6.22.